The predicted octanol–water partition coefficient (Wildman–Crippen LogP) is 4.37. The van der Waals surface area contributed by atoms with Crippen molar-refractivity contribution < 1.29 is 18.3 Å². The molecular weight excluding hydrogens is 374 g/mol. The van der Waals surface area contributed by atoms with Crippen molar-refractivity contribution in [1.82, 2.24) is 15.2 Å². The highest BCUT2D eigenvalue weighted by Crippen LogP contribution is 2.41. The zero-order valence-electron chi connectivity index (χ0n) is 14.1. The van der Waals surface area contributed by atoms with E-state index in [4.69, 9.17) is 4.74 Å². The van der Waals surface area contributed by atoms with Crippen LogP contribution < -0.4 is 14.8 Å². The van der Waals surface area contributed by atoms with E-state index >= 15 is 0 Å². The van der Waals surface area contributed by atoms with E-state index in [0.29, 0.717) is 16.4 Å². The third-order valence-corrected chi connectivity index (χ3v) is 4.47. The number of para-hydroxylation sites is 2. The van der Waals surface area contributed by atoms with E-state index in [0.717, 1.165) is 11.3 Å². The number of rotatable bonds is 4. The molecule has 4 rings (SSSR count). The van der Waals surface area contributed by atoms with Crippen molar-refractivity contribution in [3.8, 4) is 22.9 Å². The van der Waals surface area contributed by atoms with Gasteiger partial charge in [-0.15, -0.1) is 10.2 Å². The monoisotopic (exact) mass is 388 g/mol. The molecule has 0 saturated heterocycles. The van der Waals surface area contributed by atoms with E-state index in [2.05, 4.69) is 25.2 Å². The normalized spacial score (nSPS) is 15.2. The maximum absolute atomic E-state index is 12.8. The molecule has 1 aliphatic heterocycles. The summed E-state index contributed by atoms with van der Waals surface area (Å²) in [6, 6.07) is 13.9. The number of benzene rings is 2. The number of hydrogen-bond acceptors (Lipinski definition) is 7. The molecule has 1 atom stereocenters. The van der Waals surface area contributed by atoms with Gasteiger partial charge in [-0.25, -0.2) is 0 Å². The first-order chi connectivity index (χ1) is 13.2. The Hall–Kier alpha value is -2.94. The smallest absolute Gasteiger partial charge is 0.387 e. The number of thioether (sulfide) groups is 1. The van der Waals surface area contributed by atoms with Gasteiger partial charge in [-0.3, -0.25) is 0 Å². The Morgan fingerprint density at radius 3 is 2.70 bits per heavy atom. The molecule has 1 aromatic heterocycles. The Morgan fingerprint density at radius 2 is 1.89 bits per heavy atom. The summed E-state index contributed by atoms with van der Waals surface area (Å²) in [5, 5.41) is 12.0. The van der Waals surface area contributed by atoms with Crippen molar-refractivity contribution >= 4 is 17.4 Å². The first kappa shape index (κ1) is 17.5. The molecule has 0 fully saturated rings. The van der Waals surface area contributed by atoms with Gasteiger partial charge in [0.2, 0.25) is 17.3 Å². The van der Waals surface area contributed by atoms with Crippen molar-refractivity contribution in [1.29, 1.82) is 0 Å². The zero-order valence-corrected chi connectivity index (χ0v) is 14.9. The number of anilines is 1. The molecule has 1 aliphatic rings. The lowest BCUT2D eigenvalue weighted by atomic mass is 10.1. The van der Waals surface area contributed by atoms with Crippen LogP contribution in [0.4, 0.5) is 14.5 Å². The summed E-state index contributed by atoms with van der Waals surface area (Å²) >= 11 is 1.33. The van der Waals surface area contributed by atoms with Gasteiger partial charge in [0.25, 0.3) is 0 Å². The molecule has 0 radical (unpaired) electrons. The molecule has 0 saturated carbocycles. The van der Waals surface area contributed by atoms with Crippen LogP contribution in [-0.2, 0) is 0 Å². The van der Waals surface area contributed by atoms with Crippen LogP contribution in [0.2, 0.25) is 0 Å². The topological polar surface area (TPSA) is 69.2 Å². The largest absolute Gasteiger partial charge is 0.448 e. The fraction of sp³-hybridized carbons (Fsp3) is 0.167. The Kier molecular flexibility index (Phi) is 4.76. The summed E-state index contributed by atoms with van der Waals surface area (Å²) in [5.41, 5.74) is 2.38. The van der Waals surface area contributed by atoms with Crippen molar-refractivity contribution in [2.45, 2.75) is 18.0 Å². The highest BCUT2D eigenvalue weighted by atomic mass is 32.2. The molecule has 0 aliphatic carbocycles. The van der Waals surface area contributed by atoms with Gasteiger partial charge in [-0.1, -0.05) is 42.1 Å². The van der Waals surface area contributed by atoms with Gasteiger partial charge in [0, 0.05) is 11.3 Å². The van der Waals surface area contributed by atoms with E-state index in [-0.39, 0.29) is 11.6 Å². The van der Waals surface area contributed by atoms with Crippen LogP contribution in [0, 0.1) is 0 Å². The molecule has 138 valence electrons. The van der Waals surface area contributed by atoms with Gasteiger partial charge in [0.05, 0.1) is 5.56 Å². The molecule has 6 nitrogen and oxygen atoms in total. The SMILES string of the molecule is CSc1nnc2c(n1)O[C@@H](c1ccccc1OC(F)F)Nc1ccccc1-2. The minimum Gasteiger partial charge on any atom is -0.448 e. The fourth-order valence-electron chi connectivity index (χ4n) is 2.77. The van der Waals surface area contributed by atoms with Gasteiger partial charge in [0.1, 0.15) is 5.75 Å². The molecule has 0 spiro atoms. The lowest BCUT2D eigenvalue weighted by molar-refractivity contribution is -0.0512. The molecule has 2 aromatic carbocycles. The molecule has 9 heteroatoms. The van der Waals surface area contributed by atoms with E-state index in [9.17, 15) is 8.78 Å². The third kappa shape index (κ3) is 3.50. The van der Waals surface area contributed by atoms with E-state index < -0.39 is 12.8 Å². The summed E-state index contributed by atoms with van der Waals surface area (Å²) in [6.07, 6.45) is 1.03. The van der Waals surface area contributed by atoms with Crippen molar-refractivity contribution in [3.63, 3.8) is 0 Å². The van der Waals surface area contributed by atoms with Crippen molar-refractivity contribution in [2.24, 2.45) is 0 Å². The Bertz CT molecular complexity index is 974. The molecule has 2 heterocycles. The van der Waals surface area contributed by atoms with Crippen LogP contribution in [0.15, 0.2) is 53.7 Å². The standard InChI is InChI=1S/C18H14F2N4O2S/c1-27-18-22-16-14(23-24-18)10-6-2-4-8-12(10)21-15(26-16)11-7-3-5-9-13(11)25-17(19)20/h2-9,15,17,21H,1H3/t15-/m0/s1. The molecule has 0 amide bonds. The summed E-state index contributed by atoms with van der Waals surface area (Å²) in [5.74, 6) is 0.293. The van der Waals surface area contributed by atoms with Crippen LogP contribution in [-0.4, -0.2) is 28.0 Å². The number of hydrogen-bond donors (Lipinski definition) is 1. The van der Waals surface area contributed by atoms with Gasteiger partial charge < -0.3 is 14.8 Å². The lowest BCUT2D eigenvalue weighted by Gasteiger charge is -2.21. The van der Waals surface area contributed by atoms with E-state index in [1.807, 2.05) is 30.5 Å². The number of nitrogens with one attached hydrogen (secondary N) is 1. The fourth-order valence-corrected chi connectivity index (χ4v) is 3.07. The van der Waals surface area contributed by atoms with Crippen molar-refractivity contribution in [3.05, 3.63) is 54.1 Å². The summed E-state index contributed by atoms with van der Waals surface area (Å²) in [4.78, 5) is 4.40. The summed E-state index contributed by atoms with van der Waals surface area (Å²) in [7, 11) is 0. The first-order valence-corrected chi connectivity index (χ1v) is 9.23. The van der Waals surface area contributed by atoms with Crippen LogP contribution >= 0.6 is 11.8 Å². The van der Waals surface area contributed by atoms with Gasteiger partial charge in [0.15, 0.2) is 5.69 Å². The quantitative estimate of drug-likeness (QED) is 0.666. The molecule has 1 N–H and O–H groups in total. The van der Waals surface area contributed by atoms with Crippen LogP contribution in [0.3, 0.4) is 0 Å². The maximum atomic E-state index is 12.8. The van der Waals surface area contributed by atoms with Crippen LogP contribution in [0.1, 0.15) is 11.8 Å². The molecule has 0 bridgehead atoms. The zero-order chi connectivity index (χ0) is 18.8. The number of nitrogens with zero attached hydrogens (tertiary/aromatic N) is 3. The van der Waals surface area contributed by atoms with Gasteiger partial charge in [-0.2, -0.15) is 13.8 Å². The van der Waals surface area contributed by atoms with E-state index in [1.165, 1.54) is 17.8 Å². The third-order valence-electron chi connectivity index (χ3n) is 3.93. The second-order valence-electron chi connectivity index (χ2n) is 5.56. The molecule has 27 heavy (non-hydrogen) atoms. The van der Waals surface area contributed by atoms with Crippen molar-refractivity contribution in [2.75, 3.05) is 11.6 Å². The van der Waals surface area contributed by atoms with Crippen LogP contribution in [0.5, 0.6) is 11.6 Å². The van der Waals surface area contributed by atoms with Crippen LogP contribution in [0.25, 0.3) is 11.3 Å². The second kappa shape index (κ2) is 7.36. The lowest BCUT2D eigenvalue weighted by Crippen LogP contribution is -2.19. The Balaban J connectivity index is 1.83. The number of halogens is 2. The van der Waals surface area contributed by atoms with E-state index in [1.54, 1.807) is 18.2 Å². The maximum Gasteiger partial charge on any atom is 0.387 e. The Labute approximate surface area is 157 Å². The van der Waals surface area contributed by atoms with Gasteiger partial charge in [-0.05, 0) is 24.5 Å². The number of fused-ring (bicyclic) bond motifs is 3. The molecule has 0 unspecified atom stereocenters. The number of ether oxygens (including phenoxy) is 2. The average Bonchev–Trinajstić information content (AvgIpc) is 2.84. The minimum atomic E-state index is -2.94. The average molecular weight is 388 g/mol. The summed E-state index contributed by atoms with van der Waals surface area (Å²) in [6.45, 7) is -2.94. The highest BCUT2D eigenvalue weighted by Gasteiger charge is 2.28. The molecular formula is C18H14F2N4O2S. The first-order valence-electron chi connectivity index (χ1n) is 8.00. The Morgan fingerprint density at radius 1 is 1.11 bits per heavy atom. The number of alkyl halides is 2. The second-order valence-corrected chi connectivity index (χ2v) is 6.33. The summed E-state index contributed by atoms with van der Waals surface area (Å²) < 4.78 is 36.3. The minimum absolute atomic E-state index is 0.0260. The number of aromatic nitrogens is 3. The molecule has 3 aromatic rings. The van der Waals surface area contributed by atoms with Gasteiger partial charge >= 0.3 is 6.61 Å². The highest BCUT2D eigenvalue weighted by molar-refractivity contribution is 7.98. The predicted molar refractivity (Wildman–Crippen MR) is 97.1 cm³/mol.